The molecule has 2 aromatic rings. The number of likely N-dealkylation sites (N-methyl/N-ethyl adjacent to an activating group) is 1. The SMILES string of the molecule is CN1CCN(c2cc(N(C)c3ccccc3)ncn2)CC1. The number of hydrogen-bond donors (Lipinski definition) is 0. The van der Waals surface area contributed by atoms with Gasteiger partial charge in [-0.25, -0.2) is 9.97 Å². The van der Waals surface area contributed by atoms with Crippen LogP contribution in [0.2, 0.25) is 0 Å². The quantitative estimate of drug-likeness (QED) is 0.861. The number of anilines is 3. The van der Waals surface area contributed by atoms with E-state index < -0.39 is 0 Å². The smallest absolute Gasteiger partial charge is 0.138 e. The Morgan fingerprint density at radius 1 is 1.00 bits per heavy atom. The van der Waals surface area contributed by atoms with E-state index in [0.29, 0.717) is 0 Å². The van der Waals surface area contributed by atoms with Gasteiger partial charge in [-0.3, -0.25) is 0 Å². The maximum absolute atomic E-state index is 4.43. The van der Waals surface area contributed by atoms with Crippen LogP contribution in [0.5, 0.6) is 0 Å². The monoisotopic (exact) mass is 283 g/mol. The molecule has 5 nitrogen and oxygen atoms in total. The first-order chi connectivity index (χ1) is 10.2. The zero-order valence-corrected chi connectivity index (χ0v) is 12.6. The van der Waals surface area contributed by atoms with Crippen LogP contribution in [0.4, 0.5) is 17.3 Å². The zero-order valence-electron chi connectivity index (χ0n) is 12.6. The number of hydrogen-bond acceptors (Lipinski definition) is 5. The Labute approximate surface area is 125 Å². The van der Waals surface area contributed by atoms with Gasteiger partial charge in [-0.05, 0) is 19.2 Å². The number of piperazine rings is 1. The topological polar surface area (TPSA) is 35.5 Å². The molecule has 21 heavy (non-hydrogen) atoms. The lowest BCUT2D eigenvalue weighted by atomic mass is 10.3. The summed E-state index contributed by atoms with van der Waals surface area (Å²) in [5.74, 6) is 1.93. The van der Waals surface area contributed by atoms with E-state index in [2.05, 4.69) is 49.9 Å². The Balaban J connectivity index is 1.80. The summed E-state index contributed by atoms with van der Waals surface area (Å²) in [7, 11) is 4.19. The largest absolute Gasteiger partial charge is 0.354 e. The van der Waals surface area contributed by atoms with Crippen molar-refractivity contribution >= 4 is 17.3 Å². The third-order valence-electron chi connectivity index (χ3n) is 3.95. The second kappa shape index (κ2) is 6.10. The number of nitrogens with zero attached hydrogens (tertiary/aromatic N) is 5. The standard InChI is InChI=1S/C16H21N5/c1-19-8-10-21(11-9-19)16-12-15(17-13-18-16)20(2)14-6-4-3-5-7-14/h3-7,12-13H,8-11H2,1-2H3. The zero-order chi connectivity index (χ0) is 14.7. The minimum absolute atomic E-state index is 0.921. The lowest BCUT2D eigenvalue weighted by molar-refractivity contribution is 0.312. The van der Waals surface area contributed by atoms with Crippen molar-refractivity contribution in [3.05, 3.63) is 42.7 Å². The molecular formula is C16H21N5. The molecule has 2 heterocycles. The molecule has 3 rings (SSSR count). The van der Waals surface area contributed by atoms with Gasteiger partial charge in [-0.1, -0.05) is 18.2 Å². The molecule has 0 saturated carbocycles. The Kier molecular flexibility index (Phi) is 4.01. The van der Waals surface area contributed by atoms with Gasteiger partial charge in [0.1, 0.15) is 18.0 Å². The van der Waals surface area contributed by atoms with E-state index in [0.717, 1.165) is 43.5 Å². The molecule has 1 saturated heterocycles. The first-order valence-electron chi connectivity index (χ1n) is 7.28. The molecule has 0 N–H and O–H groups in total. The Hall–Kier alpha value is -2.14. The second-order valence-corrected chi connectivity index (χ2v) is 5.42. The fourth-order valence-electron chi connectivity index (χ4n) is 2.51. The Bertz CT molecular complexity index is 578. The minimum Gasteiger partial charge on any atom is -0.354 e. The van der Waals surface area contributed by atoms with Gasteiger partial charge in [-0.15, -0.1) is 0 Å². The van der Waals surface area contributed by atoms with Crippen LogP contribution in [-0.4, -0.2) is 55.1 Å². The molecule has 0 atom stereocenters. The highest BCUT2D eigenvalue weighted by Gasteiger charge is 2.16. The number of rotatable bonds is 3. The molecule has 110 valence electrons. The van der Waals surface area contributed by atoms with E-state index in [9.17, 15) is 0 Å². The van der Waals surface area contributed by atoms with Gasteiger partial charge < -0.3 is 14.7 Å². The number of para-hydroxylation sites is 1. The van der Waals surface area contributed by atoms with Crippen LogP contribution in [0.15, 0.2) is 42.7 Å². The van der Waals surface area contributed by atoms with Gasteiger partial charge in [0.05, 0.1) is 0 Å². The highest BCUT2D eigenvalue weighted by molar-refractivity contribution is 5.61. The molecule has 0 aliphatic carbocycles. The number of benzene rings is 1. The fraction of sp³-hybridized carbons (Fsp3) is 0.375. The van der Waals surface area contributed by atoms with Crippen molar-refractivity contribution < 1.29 is 0 Å². The van der Waals surface area contributed by atoms with Crippen LogP contribution in [0.25, 0.3) is 0 Å². The van der Waals surface area contributed by atoms with Crippen molar-refractivity contribution in [1.29, 1.82) is 0 Å². The number of aromatic nitrogens is 2. The average Bonchev–Trinajstić information content (AvgIpc) is 2.56. The summed E-state index contributed by atoms with van der Waals surface area (Å²) in [6.07, 6.45) is 1.66. The summed E-state index contributed by atoms with van der Waals surface area (Å²) in [5.41, 5.74) is 1.13. The first-order valence-corrected chi connectivity index (χ1v) is 7.28. The van der Waals surface area contributed by atoms with Crippen molar-refractivity contribution in [3.63, 3.8) is 0 Å². The normalized spacial score (nSPS) is 16.0. The summed E-state index contributed by atoms with van der Waals surface area (Å²) in [6.45, 7) is 4.19. The maximum Gasteiger partial charge on any atom is 0.138 e. The van der Waals surface area contributed by atoms with Crippen LogP contribution in [-0.2, 0) is 0 Å². The molecule has 0 bridgehead atoms. The maximum atomic E-state index is 4.43. The molecule has 1 aromatic carbocycles. The highest BCUT2D eigenvalue weighted by Crippen LogP contribution is 2.24. The van der Waals surface area contributed by atoms with E-state index in [1.807, 2.05) is 25.2 Å². The molecule has 5 heteroatoms. The molecule has 0 unspecified atom stereocenters. The highest BCUT2D eigenvalue weighted by atomic mass is 15.3. The van der Waals surface area contributed by atoms with Gasteiger partial charge in [0.15, 0.2) is 0 Å². The van der Waals surface area contributed by atoms with Crippen molar-refractivity contribution in [2.45, 2.75) is 0 Å². The summed E-state index contributed by atoms with van der Waals surface area (Å²) in [4.78, 5) is 15.6. The Morgan fingerprint density at radius 3 is 2.43 bits per heavy atom. The van der Waals surface area contributed by atoms with Crippen molar-refractivity contribution in [2.24, 2.45) is 0 Å². The van der Waals surface area contributed by atoms with Crippen LogP contribution in [0.3, 0.4) is 0 Å². The van der Waals surface area contributed by atoms with Gasteiger partial charge in [0, 0.05) is 45.0 Å². The predicted octanol–water partition coefficient (Wildman–Crippen LogP) is 2.00. The summed E-state index contributed by atoms with van der Waals surface area (Å²) in [6, 6.07) is 12.3. The van der Waals surface area contributed by atoms with Gasteiger partial charge in [-0.2, -0.15) is 0 Å². The lowest BCUT2D eigenvalue weighted by Gasteiger charge is -2.33. The molecule has 0 spiro atoms. The molecule has 0 amide bonds. The average molecular weight is 283 g/mol. The van der Waals surface area contributed by atoms with Crippen LogP contribution < -0.4 is 9.80 Å². The van der Waals surface area contributed by atoms with Crippen LogP contribution >= 0.6 is 0 Å². The van der Waals surface area contributed by atoms with Gasteiger partial charge >= 0.3 is 0 Å². The third-order valence-corrected chi connectivity index (χ3v) is 3.95. The van der Waals surface area contributed by atoms with Crippen LogP contribution in [0, 0.1) is 0 Å². The van der Waals surface area contributed by atoms with Crippen molar-refractivity contribution in [1.82, 2.24) is 14.9 Å². The van der Waals surface area contributed by atoms with E-state index in [1.165, 1.54) is 0 Å². The molecule has 1 fully saturated rings. The molecule has 1 aliphatic rings. The summed E-state index contributed by atoms with van der Waals surface area (Å²) in [5, 5.41) is 0. The molecule has 1 aromatic heterocycles. The Morgan fingerprint density at radius 2 is 1.71 bits per heavy atom. The van der Waals surface area contributed by atoms with Crippen molar-refractivity contribution in [2.75, 3.05) is 50.1 Å². The third kappa shape index (κ3) is 3.13. The first kappa shape index (κ1) is 13.8. The van der Waals surface area contributed by atoms with E-state index >= 15 is 0 Å². The minimum atomic E-state index is 0.921. The van der Waals surface area contributed by atoms with Crippen LogP contribution in [0.1, 0.15) is 0 Å². The van der Waals surface area contributed by atoms with E-state index in [1.54, 1.807) is 6.33 Å². The van der Waals surface area contributed by atoms with Gasteiger partial charge in [0.2, 0.25) is 0 Å². The molecule has 1 aliphatic heterocycles. The lowest BCUT2D eigenvalue weighted by Crippen LogP contribution is -2.44. The molecule has 0 radical (unpaired) electrons. The second-order valence-electron chi connectivity index (χ2n) is 5.42. The fourth-order valence-corrected chi connectivity index (χ4v) is 2.51. The van der Waals surface area contributed by atoms with E-state index in [-0.39, 0.29) is 0 Å². The predicted molar refractivity (Wildman–Crippen MR) is 86.2 cm³/mol. The van der Waals surface area contributed by atoms with E-state index in [4.69, 9.17) is 0 Å². The van der Waals surface area contributed by atoms with Gasteiger partial charge in [0.25, 0.3) is 0 Å². The molecular weight excluding hydrogens is 262 g/mol. The van der Waals surface area contributed by atoms with Crippen molar-refractivity contribution in [3.8, 4) is 0 Å². The summed E-state index contributed by atoms with van der Waals surface area (Å²) >= 11 is 0. The summed E-state index contributed by atoms with van der Waals surface area (Å²) < 4.78 is 0.